The lowest BCUT2D eigenvalue weighted by molar-refractivity contribution is -0.140. The van der Waals surface area contributed by atoms with Crippen LogP contribution in [0.3, 0.4) is 0 Å². The Bertz CT molecular complexity index is 559. The summed E-state index contributed by atoms with van der Waals surface area (Å²) < 4.78 is 48.7. The summed E-state index contributed by atoms with van der Waals surface area (Å²) >= 11 is 0.950. The third-order valence-electron chi connectivity index (χ3n) is 3.41. The normalized spacial score (nSPS) is 19.9. The first-order valence-electron chi connectivity index (χ1n) is 8.14. The van der Waals surface area contributed by atoms with Crippen LogP contribution >= 0.6 is 11.3 Å². The van der Waals surface area contributed by atoms with Gasteiger partial charge in [0.15, 0.2) is 11.7 Å². The quantitative estimate of drug-likeness (QED) is 0.562. The van der Waals surface area contributed by atoms with Gasteiger partial charge in [0.2, 0.25) is 0 Å². The number of halogens is 3. The lowest BCUT2D eigenvalue weighted by Crippen LogP contribution is -2.44. The molecule has 25 heavy (non-hydrogen) atoms. The number of nitrogens with zero attached hydrogens (tertiary/aromatic N) is 2. The molecule has 1 saturated heterocycles. The van der Waals surface area contributed by atoms with Crippen molar-refractivity contribution in [3.63, 3.8) is 0 Å². The lowest BCUT2D eigenvalue weighted by Gasteiger charge is -2.19. The molecule has 0 bridgehead atoms. The predicted octanol–water partition coefficient (Wildman–Crippen LogP) is 2.41. The molecule has 2 rings (SSSR count). The van der Waals surface area contributed by atoms with Gasteiger partial charge in [0.25, 0.3) is 0 Å². The van der Waals surface area contributed by atoms with E-state index < -0.39 is 11.9 Å². The molecule has 1 aliphatic heterocycles. The van der Waals surface area contributed by atoms with Gasteiger partial charge in [0.1, 0.15) is 5.01 Å². The average molecular weight is 380 g/mol. The van der Waals surface area contributed by atoms with Gasteiger partial charge in [-0.3, -0.25) is 0 Å². The van der Waals surface area contributed by atoms with E-state index in [0.717, 1.165) is 29.7 Å². The summed E-state index contributed by atoms with van der Waals surface area (Å²) in [7, 11) is 0. The van der Waals surface area contributed by atoms with E-state index in [4.69, 9.17) is 9.47 Å². The minimum atomic E-state index is -4.42. The molecule has 2 heterocycles. The summed E-state index contributed by atoms with van der Waals surface area (Å²) in [5, 5.41) is 7.56. The Morgan fingerprint density at radius 3 is 2.96 bits per heavy atom. The van der Waals surface area contributed by atoms with Crippen LogP contribution in [-0.2, 0) is 22.2 Å². The number of ether oxygens (including phenoxy) is 2. The van der Waals surface area contributed by atoms with Crippen molar-refractivity contribution in [1.82, 2.24) is 15.6 Å². The van der Waals surface area contributed by atoms with Crippen LogP contribution in [0.1, 0.15) is 31.0 Å². The van der Waals surface area contributed by atoms with Gasteiger partial charge in [-0.25, -0.2) is 9.98 Å². The Labute approximate surface area is 148 Å². The average Bonchev–Trinajstić information content (AvgIpc) is 3.22. The molecule has 0 saturated carbocycles. The maximum absolute atomic E-state index is 12.6. The molecule has 2 N–H and O–H groups in total. The number of hydrogen-bond acceptors (Lipinski definition) is 5. The second-order valence-electron chi connectivity index (χ2n) is 5.68. The largest absolute Gasteiger partial charge is 0.434 e. The fourth-order valence-electron chi connectivity index (χ4n) is 2.18. The Kier molecular flexibility index (Phi) is 7.45. The third kappa shape index (κ3) is 6.79. The predicted molar refractivity (Wildman–Crippen MR) is 89.7 cm³/mol. The van der Waals surface area contributed by atoms with E-state index in [1.807, 2.05) is 13.8 Å². The summed E-state index contributed by atoms with van der Waals surface area (Å²) in [6, 6.07) is 0.000399. The Hall–Kier alpha value is -1.39. The number of aromatic nitrogens is 1. The Morgan fingerprint density at radius 2 is 2.36 bits per heavy atom. The minimum Gasteiger partial charge on any atom is -0.379 e. The number of alkyl halides is 3. The number of rotatable bonds is 7. The van der Waals surface area contributed by atoms with Crippen molar-refractivity contribution in [3.8, 4) is 0 Å². The zero-order chi connectivity index (χ0) is 18.3. The second-order valence-corrected chi connectivity index (χ2v) is 6.63. The van der Waals surface area contributed by atoms with Crippen LogP contribution in [-0.4, -0.2) is 49.5 Å². The summed E-state index contributed by atoms with van der Waals surface area (Å²) in [5.41, 5.74) is -0.874. The Balaban J connectivity index is 1.85. The molecule has 1 fully saturated rings. The summed E-state index contributed by atoms with van der Waals surface area (Å²) in [6.07, 6.45) is -3.40. The summed E-state index contributed by atoms with van der Waals surface area (Å²) in [5.74, 6) is 0.519. The van der Waals surface area contributed by atoms with Crippen LogP contribution in [0.2, 0.25) is 0 Å². The summed E-state index contributed by atoms with van der Waals surface area (Å²) in [6.45, 7) is 6.43. The maximum atomic E-state index is 12.6. The van der Waals surface area contributed by atoms with E-state index >= 15 is 0 Å². The highest BCUT2D eigenvalue weighted by Gasteiger charge is 2.33. The van der Waals surface area contributed by atoms with E-state index in [1.165, 1.54) is 0 Å². The van der Waals surface area contributed by atoms with Crippen LogP contribution in [0, 0.1) is 0 Å². The van der Waals surface area contributed by atoms with Crippen molar-refractivity contribution in [2.45, 2.75) is 45.1 Å². The second kappa shape index (κ2) is 9.35. The van der Waals surface area contributed by atoms with E-state index in [9.17, 15) is 13.2 Å². The van der Waals surface area contributed by atoms with Gasteiger partial charge in [0.05, 0.1) is 25.9 Å². The van der Waals surface area contributed by atoms with Crippen molar-refractivity contribution in [2.75, 3.05) is 26.4 Å². The smallest absolute Gasteiger partial charge is 0.379 e. The highest BCUT2D eigenvalue weighted by atomic mass is 32.1. The van der Waals surface area contributed by atoms with Crippen molar-refractivity contribution >= 4 is 17.3 Å². The van der Waals surface area contributed by atoms with Crippen LogP contribution in [0.5, 0.6) is 0 Å². The van der Waals surface area contributed by atoms with Crippen LogP contribution in [0.15, 0.2) is 10.4 Å². The molecule has 1 aliphatic rings. The first-order chi connectivity index (χ1) is 11.9. The topological polar surface area (TPSA) is 67.8 Å². The zero-order valence-electron chi connectivity index (χ0n) is 14.2. The SMILES string of the molecule is CCNC(=NCc1nc(C(F)(F)F)cs1)NC(C)COC1CCOC1. The number of nitrogens with one attached hydrogen (secondary N) is 2. The van der Waals surface area contributed by atoms with Crippen molar-refractivity contribution in [3.05, 3.63) is 16.1 Å². The van der Waals surface area contributed by atoms with E-state index in [1.54, 1.807) is 0 Å². The molecular weight excluding hydrogens is 357 g/mol. The molecule has 0 aliphatic carbocycles. The molecule has 2 atom stereocenters. The highest BCUT2D eigenvalue weighted by Crippen LogP contribution is 2.30. The van der Waals surface area contributed by atoms with Gasteiger partial charge in [-0.15, -0.1) is 11.3 Å². The lowest BCUT2D eigenvalue weighted by atomic mass is 10.3. The molecule has 1 aromatic heterocycles. The van der Waals surface area contributed by atoms with Gasteiger partial charge in [0, 0.05) is 24.6 Å². The maximum Gasteiger partial charge on any atom is 0.434 e. The van der Waals surface area contributed by atoms with Gasteiger partial charge in [-0.05, 0) is 20.3 Å². The molecule has 0 spiro atoms. The van der Waals surface area contributed by atoms with Crippen molar-refractivity contribution in [2.24, 2.45) is 4.99 Å². The van der Waals surface area contributed by atoms with Gasteiger partial charge >= 0.3 is 6.18 Å². The molecule has 6 nitrogen and oxygen atoms in total. The molecular formula is C15H23F3N4O2S. The molecule has 1 aromatic rings. The standard InChI is InChI=1S/C15H23F3N4O2S/c1-3-19-14(21-10(2)7-24-11-4-5-23-8-11)20-6-13-22-12(9-25-13)15(16,17)18/h9-11H,3-8H2,1-2H3,(H2,19,20,21). The van der Waals surface area contributed by atoms with Crippen molar-refractivity contribution in [1.29, 1.82) is 0 Å². The molecule has 0 radical (unpaired) electrons. The van der Waals surface area contributed by atoms with Crippen LogP contribution < -0.4 is 10.6 Å². The number of thiazole rings is 1. The van der Waals surface area contributed by atoms with Crippen LogP contribution in [0.4, 0.5) is 13.2 Å². The fraction of sp³-hybridized carbons (Fsp3) is 0.733. The summed E-state index contributed by atoms with van der Waals surface area (Å²) in [4.78, 5) is 7.87. The zero-order valence-corrected chi connectivity index (χ0v) is 15.0. The third-order valence-corrected chi connectivity index (χ3v) is 4.25. The minimum absolute atomic E-state index is 0.000399. The first kappa shape index (κ1) is 19.9. The first-order valence-corrected chi connectivity index (χ1v) is 9.02. The number of hydrogen-bond donors (Lipinski definition) is 2. The molecule has 0 amide bonds. The number of guanidine groups is 1. The van der Waals surface area contributed by atoms with Gasteiger partial charge in [-0.1, -0.05) is 0 Å². The molecule has 142 valence electrons. The monoisotopic (exact) mass is 380 g/mol. The van der Waals surface area contributed by atoms with Crippen LogP contribution in [0.25, 0.3) is 0 Å². The fourth-order valence-corrected chi connectivity index (χ4v) is 2.90. The van der Waals surface area contributed by atoms with E-state index in [0.29, 0.717) is 30.7 Å². The van der Waals surface area contributed by atoms with Gasteiger partial charge in [-0.2, -0.15) is 13.2 Å². The molecule has 10 heteroatoms. The number of aliphatic imine (C=N–C) groups is 1. The Morgan fingerprint density at radius 1 is 1.56 bits per heavy atom. The van der Waals surface area contributed by atoms with Crippen molar-refractivity contribution < 1.29 is 22.6 Å². The van der Waals surface area contributed by atoms with E-state index in [2.05, 4.69) is 20.6 Å². The van der Waals surface area contributed by atoms with E-state index in [-0.39, 0.29) is 18.7 Å². The highest BCUT2D eigenvalue weighted by molar-refractivity contribution is 7.09. The van der Waals surface area contributed by atoms with Gasteiger partial charge < -0.3 is 20.1 Å². The molecule has 0 aromatic carbocycles. The molecule has 2 unspecified atom stereocenters.